The molecule has 3 N–H and O–H groups in total. The number of nitrogens with two attached hydrogens (primary N) is 1. The molecule has 1 saturated carbocycles. The van der Waals surface area contributed by atoms with Crippen molar-refractivity contribution in [1.29, 1.82) is 0 Å². The van der Waals surface area contributed by atoms with Gasteiger partial charge in [-0.15, -0.1) is 10.2 Å². The second kappa shape index (κ2) is 6.69. The summed E-state index contributed by atoms with van der Waals surface area (Å²) in [5.41, 5.74) is 5.44. The summed E-state index contributed by atoms with van der Waals surface area (Å²) in [6, 6.07) is -2.34. The Morgan fingerprint density at radius 1 is 1.43 bits per heavy atom. The average molecular weight is 330 g/mol. The summed E-state index contributed by atoms with van der Waals surface area (Å²) >= 11 is 0. The number of alkyl halides is 2. The molecule has 0 saturated heterocycles. The molecule has 23 heavy (non-hydrogen) atoms. The molecule has 2 atom stereocenters. The third-order valence-electron chi connectivity index (χ3n) is 3.53. The molecule has 2 rings (SSSR count). The Morgan fingerprint density at radius 3 is 2.61 bits per heavy atom. The molecule has 0 spiro atoms. The van der Waals surface area contributed by atoms with E-state index >= 15 is 0 Å². The summed E-state index contributed by atoms with van der Waals surface area (Å²) in [5.74, 6) is -3.98. The topological polar surface area (TPSA) is 111 Å². The van der Waals surface area contributed by atoms with Crippen molar-refractivity contribution in [1.82, 2.24) is 15.5 Å². The Kier molecular flexibility index (Phi) is 5.08. The third kappa shape index (κ3) is 4.78. The van der Waals surface area contributed by atoms with Crippen LogP contribution in [0.4, 0.5) is 8.78 Å². The van der Waals surface area contributed by atoms with Gasteiger partial charge in [0.25, 0.3) is 5.89 Å². The zero-order valence-corrected chi connectivity index (χ0v) is 13.0. The lowest BCUT2D eigenvalue weighted by atomic mass is 10.1. The van der Waals surface area contributed by atoms with Gasteiger partial charge in [-0.3, -0.25) is 9.59 Å². The third-order valence-corrected chi connectivity index (χ3v) is 3.53. The fourth-order valence-electron chi connectivity index (χ4n) is 2.09. The zero-order chi connectivity index (χ0) is 17.2. The molecular formula is C14H20F2N4O3. The first-order chi connectivity index (χ1) is 10.7. The number of carbonyl (C=O) groups is 2. The second-order valence-corrected chi connectivity index (χ2v) is 5.93. The highest BCUT2D eigenvalue weighted by Crippen LogP contribution is 2.39. The summed E-state index contributed by atoms with van der Waals surface area (Å²) in [7, 11) is 0. The maximum atomic E-state index is 12.9. The average Bonchev–Trinajstić information content (AvgIpc) is 3.19. The number of ketones is 1. The first kappa shape index (κ1) is 17.5. The summed E-state index contributed by atoms with van der Waals surface area (Å²) < 4.78 is 31.1. The van der Waals surface area contributed by atoms with Crippen LogP contribution in [0.2, 0.25) is 0 Å². The van der Waals surface area contributed by atoms with Gasteiger partial charge in [0.05, 0.1) is 12.1 Å². The number of halogens is 2. The van der Waals surface area contributed by atoms with E-state index in [1.807, 2.05) is 0 Å². The number of hydrogen-bond donors (Lipinski definition) is 2. The first-order valence-corrected chi connectivity index (χ1v) is 7.52. The number of amides is 1. The van der Waals surface area contributed by atoms with Crippen molar-refractivity contribution in [3.8, 4) is 0 Å². The fourth-order valence-corrected chi connectivity index (χ4v) is 2.09. The molecule has 1 aliphatic rings. The highest BCUT2D eigenvalue weighted by molar-refractivity contribution is 5.98. The van der Waals surface area contributed by atoms with Gasteiger partial charge in [0.1, 0.15) is 0 Å². The van der Waals surface area contributed by atoms with E-state index in [1.165, 1.54) is 0 Å². The van der Waals surface area contributed by atoms with Crippen LogP contribution in [0.25, 0.3) is 0 Å². The SMILES string of the molecule is CCC(NC(=O)[C@@H](N)CC(C)(F)F)C(=O)c1nnc(C2CC2)o1. The smallest absolute Gasteiger partial charge is 0.286 e. The summed E-state index contributed by atoms with van der Waals surface area (Å²) in [6.07, 6.45) is 1.35. The van der Waals surface area contributed by atoms with Crippen LogP contribution < -0.4 is 11.1 Å². The second-order valence-electron chi connectivity index (χ2n) is 5.93. The number of nitrogens with zero attached hydrogens (tertiary/aromatic N) is 2. The van der Waals surface area contributed by atoms with Gasteiger partial charge in [0.2, 0.25) is 23.5 Å². The van der Waals surface area contributed by atoms with E-state index in [0.29, 0.717) is 12.8 Å². The van der Waals surface area contributed by atoms with Gasteiger partial charge in [0, 0.05) is 12.3 Å². The molecular weight excluding hydrogens is 310 g/mol. The van der Waals surface area contributed by atoms with E-state index in [9.17, 15) is 18.4 Å². The minimum Gasteiger partial charge on any atom is -0.418 e. The lowest BCUT2D eigenvalue weighted by Crippen LogP contribution is -2.49. The molecule has 1 aromatic heterocycles. The molecule has 1 aliphatic carbocycles. The van der Waals surface area contributed by atoms with Crippen molar-refractivity contribution >= 4 is 11.7 Å². The van der Waals surface area contributed by atoms with Crippen LogP contribution in [0, 0.1) is 0 Å². The summed E-state index contributed by atoms with van der Waals surface area (Å²) in [5, 5.41) is 9.86. The molecule has 7 nitrogen and oxygen atoms in total. The maximum Gasteiger partial charge on any atom is 0.286 e. The molecule has 9 heteroatoms. The number of aromatic nitrogens is 2. The van der Waals surface area contributed by atoms with Crippen molar-refractivity contribution < 1.29 is 22.8 Å². The van der Waals surface area contributed by atoms with E-state index in [2.05, 4.69) is 15.5 Å². The molecule has 128 valence electrons. The normalized spacial score (nSPS) is 17.6. The van der Waals surface area contributed by atoms with Gasteiger partial charge in [-0.1, -0.05) is 6.92 Å². The Morgan fingerprint density at radius 2 is 2.09 bits per heavy atom. The van der Waals surface area contributed by atoms with Crippen LogP contribution in [0.5, 0.6) is 0 Å². The number of carbonyl (C=O) groups excluding carboxylic acids is 2. The molecule has 1 fully saturated rings. The summed E-state index contributed by atoms with van der Waals surface area (Å²) in [4.78, 5) is 24.1. The van der Waals surface area contributed by atoms with Crippen molar-refractivity contribution in [3.05, 3.63) is 11.8 Å². The van der Waals surface area contributed by atoms with Gasteiger partial charge >= 0.3 is 0 Å². The number of rotatable bonds is 8. The minimum atomic E-state index is -3.06. The molecule has 1 amide bonds. The molecule has 1 unspecified atom stereocenters. The molecule has 1 heterocycles. The number of nitrogens with one attached hydrogen (secondary N) is 1. The van der Waals surface area contributed by atoms with Crippen LogP contribution >= 0.6 is 0 Å². The van der Waals surface area contributed by atoms with Gasteiger partial charge in [-0.2, -0.15) is 0 Å². The lowest BCUT2D eigenvalue weighted by Gasteiger charge is -2.19. The first-order valence-electron chi connectivity index (χ1n) is 7.52. The lowest BCUT2D eigenvalue weighted by molar-refractivity contribution is -0.125. The fraction of sp³-hybridized carbons (Fsp3) is 0.714. The van der Waals surface area contributed by atoms with Crippen LogP contribution in [0.1, 0.15) is 62.0 Å². The largest absolute Gasteiger partial charge is 0.418 e. The van der Waals surface area contributed by atoms with Crippen LogP contribution in [-0.2, 0) is 4.79 Å². The Bertz CT molecular complexity index is 581. The van der Waals surface area contributed by atoms with Crippen LogP contribution in [-0.4, -0.2) is 39.9 Å². The van der Waals surface area contributed by atoms with E-state index in [-0.39, 0.29) is 18.2 Å². The Hall–Kier alpha value is -1.90. The van der Waals surface area contributed by atoms with Crippen molar-refractivity contribution in [2.24, 2.45) is 5.73 Å². The highest BCUT2D eigenvalue weighted by atomic mass is 19.3. The maximum absolute atomic E-state index is 12.9. The zero-order valence-electron chi connectivity index (χ0n) is 13.0. The molecule has 1 aromatic rings. The van der Waals surface area contributed by atoms with Crippen LogP contribution in [0.3, 0.4) is 0 Å². The van der Waals surface area contributed by atoms with E-state index in [4.69, 9.17) is 10.2 Å². The predicted molar refractivity (Wildman–Crippen MR) is 76.0 cm³/mol. The van der Waals surface area contributed by atoms with Gasteiger partial charge in [0.15, 0.2) is 0 Å². The monoisotopic (exact) mass is 330 g/mol. The molecule has 0 bridgehead atoms. The van der Waals surface area contributed by atoms with Crippen molar-refractivity contribution in [3.63, 3.8) is 0 Å². The minimum absolute atomic E-state index is 0.187. The van der Waals surface area contributed by atoms with E-state index in [1.54, 1.807) is 6.92 Å². The molecule has 0 radical (unpaired) electrons. The standard InChI is InChI=1S/C14H20F2N4O3/c1-3-9(18-11(22)8(17)6-14(2,15)16)10(21)13-20-19-12(23-13)7-4-5-7/h7-9H,3-6,17H2,1-2H3,(H,18,22)/t8-,9?/m0/s1. The number of Topliss-reactive ketones (excluding diaryl/α,β-unsaturated/α-hetero) is 1. The van der Waals surface area contributed by atoms with Gasteiger partial charge < -0.3 is 15.5 Å². The Balaban J connectivity index is 1.97. The molecule has 0 aromatic carbocycles. The predicted octanol–water partition coefficient (Wildman–Crippen LogP) is 1.40. The Labute approximate surface area is 132 Å². The van der Waals surface area contributed by atoms with E-state index in [0.717, 1.165) is 12.8 Å². The van der Waals surface area contributed by atoms with Gasteiger partial charge in [-0.05, 0) is 26.2 Å². The summed E-state index contributed by atoms with van der Waals surface area (Å²) in [6.45, 7) is 2.35. The number of hydrogen-bond acceptors (Lipinski definition) is 6. The molecule has 0 aliphatic heterocycles. The van der Waals surface area contributed by atoms with Gasteiger partial charge in [-0.25, -0.2) is 8.78 Å². The van der Waals surface area contributed by atoms with Crippen molar-refractivity contribution in [2.75, 3.05) is 0 Å². The van der Waals surface area contributed by atoms with Crippen molar-refractivity contribution in [2.45, 2.75) is 63.5 Å². The van der Waals surface area contributed by atoms with Crippen LogP contribution in [0.15, 0.2) is 4.42 Å². The highest BCUT2D eigenvalue weighted by Gasteiger charge is 2.34. The van der Waals surface area contributed by atoms with E-state index < -0.39 is 36.1 Å². The quantitative estimate of drug-likeness (QED) is 0.697.